The van der Waals surface area contributed by atoms with Gasteiger partial charge in [0.1, 0.15) is 23.7 Å². The number of hydrogen-bond donors (Lipinski definition) is 2. The molecule has 1 aromatic carbocycles. The molecule has 1 aromatic rings. The molecule has 1 amide bonds. The number of carbonyl (C=O) groups excluding carboxylic acids is 1. The lowest BCUT2D eigenvalue weighted by Crippen LogP contribution is -2.56. The molecule has 21 heavy (non-hydrogen) atoms. The molecule has 1 aliphatic rings. The minimum Gasteiger partial charge on any atom is -0.489 e. The number of benzene rings is 1. The molecule has 2 N–H and O–H groups in total. The summed E-state index contributed by atoms with van der Waals surface area (Å²) in [6.45, 7) is 5.38. The fourth-order valence-corrected chi connectivity index (χ4v) is 2.17. The maximum Gasteiger partial charge on any atom is 0.239 e. The summed E-state index contributed by atoms with van der Waals surface area (Å²) >= 11 is 0. The summed E-state index contributed by atoms with van der Waals surface area (Å²) in [5.41, 5.74) is 0. The molecule has 0 saturated carbocycles. The fourth-order valence-electron chi connectivity index (χ4n) is 2.17. The van der Waals surface area contributed by atoms with Gasteiger partial charge >= 0.3 is 0 Å². The molecular weight excluding hydrogens is 275 g/mol. The summed E-state index contributed by atoms with van der Waals surface area (Å²) in [6, 6.07) is 5.46. The highest BCUT2D eigenvalue weighted by Crippen LogP contribution is 2.12. The van der Waals surface area contributed by atoms with Crippen molar-refractivity contribution in [1.29, 1.82) is 0 Å². The lowest BCUT2D eigenvalue weighted by Gasteiger charge is -2.29. The minimum absolute atomic E-state index is 0.100. The van der Waals surface area contributed by atoms with E-state index in [1.54, 1.807) is 12.1 Å². The third-order valence-electron chi connectivity index (χ3n) is 3.31. The highest BCUT2D eigenvalue weighted by Gasteiger charge is 2.28. The van der Waals surface area contributed by atoms with Crippen LogP contribution in [0.1, 0.15) is 13.8 Å². The molecule has 0 bridgehead atoms. The van der Waals surface area contributed by atoms with E-state index in [2.05, 4.69) is 10.6 Å². The molecule has 6 heteroatoms. The summed E-state index contributed by atoms with van der Waals surface area (Å²) in [4.78, 5) is 12.1. The van der Waals surface area contributed by atoms with E-state index in [1.807, 2.05) is 13.8 Å². The number of morpholine rings is 1. The number of amides is 1. The number of rotatable bonds is 5. The Kier molecular flexibility index (Phi) is 5.52. The van der Waals surface area contributed by atoms with Crippen molar-refractivity contribution in [3.8, 4) is 5.75 Å². The van der Waals surface area contributed by atoms with Crippen LogP contribution in [0.25, 0.3) is 0 Å². The van der Waals surface area contributed by atoms with Crippen LogP contribution in [0.5, 0.6) is 5.75 Å². The van der Waals surface area contributed by atoms with Crippen molar-refractivity contribution in [2.45, 2.75) is 32.1 Å². The first-order valence-corrected chi connectivity index (χ1v) is 7.11. The first kappa shape index (κ1) is 15.7. The lowest BCUT2D eigenvalue weighted by atomic mass is 10.1. The van der Waals surface area contributed by atoms with Crippen LogP contribution < -0.4 is 15.4 Å². The molecule has 3 atom stereocenters. The Bertz CT molecular complexity index is 466. The van der Waals surface area contributed by atoms with Crippen molar-refractivity contribution in [3.05, 3.63) is 30.1 Å². The second kappa shape index (κ2) is 7.38. The van der Waals surface area contributed by atoms with Crippen LogP contribution in [0.4, 0.5) is 4.39 Å². The summed E-state index contributed by atoms with van der Waals surface area (Å²) < 4.78 is 23.8. The van der Waals surface area contributed by atoms with Gasteiger partial charge in [0.05, 0.1) is 19.3 Å². The molecule has 5 nitrogen and oxygen atoms in total. The van der Waals surface area contributed by atoms with E-state index in [-0.39, 0.29) is 30.0 Å². The van der Waals surface area contributed by atoms with Crippen LogP contribution in [0.2, 0.25) is 0 Å². The molecule has 0 aromatic heterocycles. The van der Waals surface area contributed by atoms with Crippen LogP contribution in [-0.4, -0.2) is 43.9 Å². The van der Waals surface area contributed by atoms with Gasteiger partial charge in [0.2, 0.25) is 5.91 Å². The Balaban J connectivity index is 1.76. The molecule has 1 saturated heterocycles. The highest BCUT2D eigenvalue weighted by molar-refractivity contribution is 5.82. The molecule has 0 aliphatic carbocycles. The van der Waals surface area contributed by atoms with Gasteiger partial charge in [0.25, 0.3) is 0 Å². The quantitative estimate of drug-likeness (QED) is 0.854. The molecule has 1 unspecified atom stereocenters. The van der Waals surface area contributed by atoms with Gasteiger partial charge in [0, 0.05) is 6.54 Å². The normalized spacial score (nSPS) is 23.4. The zero-order chi connectivity index (χ0) is 15.2. The predicted molar refractivity (Wildman–Crippen MR) is 76.7 cm³/mol. The summed E-state index contributed by atoms with van der Waals surface area (Å²) in [5, 5.41) is 5.96. The van der Waals surface area contributed by atoms with Crippen molar-refractivity contribution in [3.63, 3.8) is 0 Å². The maximum absolute atomic E-state index is 12.8. The van der Waals surface area contributed by atoms with Gasteiger partial charge in [-0.25, -0.2) is 4.39 Å². The third kappa shape index (κ3) is 4.68. The average molecular weight is 296 g/mol. The summed E-state index contributed by atoms with van der Waals surface area (Å²) in [7, 11) is 0. The van der Waals surface area contributed by atoms with Crippen LogP contribution >= 0.6 is 0 Å². The fraction of sp³-hybridized carbons (Fsp3) is 0.533. The van der Waals surface area contributed by atoms with Crippen molar-refractivity contribution in [1.82, 2.24) is 10.6 Å². The lowest BCUT2D eigenvalue weighted by molar-refractivity contribution is -0.129. The minimum atomic E-state index is -0.336. The van der Waals surface area contributed by atoms with E-state index < -0.39 is 0 Å². The molecule has 116 valence electrons. The van der Waals surface area contributed by atoms with Crippen LogP contribution in [0.3, 0.4) is 0 Å². The molecule has 1 fully saturated rings. The molecule has 1 heterocycles. The number of hydrogen-bond acceptors (Lipinski definition) is 4. The number of nitrogens with one attached hydrogen (secondary N) is 2. The molecule has 2 rings (SSSR count). The largest absolute Gasteiger partial charge is 0.489 e. The van der Waals surface area contributed by atoms with E-state index in [0.717, 1.165) is 0 Å². The molecular formula is C15H21FN2O3. The summed E-state index contributed by atoms with van der Waals surface area (Å²) in [6.07, 6.45) is -0.355. The molecule has 1 aliphatic heterocycles. The molecule has 0 spiro atoms. The van der Waals surface area contributed by atoms with Gasteiger partial charge in [-0.1, -0.05) is 0 Å². The van der Waals surface area contributed by atoms with Gasteiger partial charge in [-0.2, -0.15) is 0 Å². The van der Waals surface area contributed by atoms with E-state index in [0.29, 0.717) is 25.4 Å². The van der Waals surface area contributed by atoms with Gasteiger partial charge in [0.15, 0.2) is 0 Å². The van der Waals surface area contributed by atoms with Gasteiger partial charge in [-0.05, 0) is 38.1 Å². The Morgan fingerprint density at radius 2 is 2.24 bits per heavy atom. The van der Waals surface area contributed by atoms with Crippen molar-refractivity contribution in [2.75, 3.05) is 19.7 Å². The van der Waals surface area contributed by atoms with Crippen molar-refractivity contribution in [2.24, 2.45) is 0 Å². The zero-order valence-electron chi connectivity index (χ0n) is 12.3. The highest BCUT2D eigenvalue weighted by atomic mass is 19.1. The first-order valence-electron chi connectivity index (χ1n) is 7.11. The number of carbonyl (C=O) groups is 1. The predicted octanol–water partition coefficient (Wildman–Crippen LogP) is 1.09. The van der Waals surface area contributed by atoms with Crippen LogP contribution in [0, 0.1) is 5.82 Å². The SMILES string of the molecule is CC(CNC(=O)[C@H]1NCCO[C@@H]1C)Oc1ccc(F)cc1. The standard InChI is InChI=1S/C15H21FN2O3/c1-10(21-13-5-3-12(16)4-6-13)9-18-15(19)14-11(2)20-8-7-17-14/h3-6,10-11,14,17H,7-9H2,1-2H3,(H,18,19)/t10?,11-,14+/m1/s1. The second-order valence-corrected chi connectivity index (χ2v) is 5.14. The Morgan fingerprint density at radius 1 is 1.52 bits per heavy atom. The zero-order valence-corrected chi connectivity index (χ0v) is 12.3. The molecule has 0 radical (unpaired) electrons. The first-order chi connectivity index (χ1) is 10.1. The van der Waals surface area contributed by atoms with E-state index in [9.17, 15) is 9.18 Å². The van der Waals surface area contributed by atoms with Crippen molar-refractivity contribution >= 4 is 5.91 Å². The van der Waals surface area contributed by atoms with E-state index >= 15 is 0 Å². The Hall–Kier alpha value is -1.66. The second-order valence-electron chi connectivity index (χ2n) is 5.14. The maximum atomic E-state index is 12.8. The smallest absolute Gasteiger partial charge is 0.239 e. The van der Waals surface area contributed by atoms with Crippen LogP contribution in [0.15, 0.2) is 24.3 Å². The van der Waals surface area contributed by atoms with Crippen molar-refractivity contribution < 1.29 is 18.7 Å². The van der Waals surface area contributed by atoms with Crippen LogP contribution in [-0.2, 0) is 9.53 Å². The monoisotopic (exact) mass is 296 g/mol. The van der Waals surface area contributed by atoms with Gasteiger partial charge < -0.3 is 20.1 Å². The Labute approximate surface area is 123 Å². The summed E-state index contributed by atoms with van der Waals surface area (Å²) in [5.74, 6) is 0.170. The van der Waals surface area contributed by atoms with E-state index in [4.69, 9.17) is 9.47 Å². The number of ether oxygens (including phenoxy) is 2. The number of halogens is 1. The van der Waals surface area contributed by atoms with Gasteiger partial charge in [-0.15, -0.1) is 0 Å². The van der Waals surface area contributed by atoms with Gasteiger partial charge in [-0.3, -0.25) is 4.79 Å². The Morgan fingerprint density at radius 3 is 2.90 bits per heavy atom. The third-order valence-corrected chi connectivity index (χ3v) is 3.31. The average Bonchev–Trinajstić information content (AvgIpc) is 2.48. The van der Waals surface area contributed by atoms with E-state index in [1.165, 1.54) is 12.1 Å². The topological polar surface area (TPSA) is 59.6 Å².